The molecule has 6 heteroatoms. The van der Waals surface area contributed by atoms with Crippen molar-refractivity contribution in [3.05, 3.63) is 12.2 Å². The van der Waals surface area contributed by atoms with E-state index in [-0.39, 0.29) is 46.6 Å². The zero-order valence-electron chi connectivity index (χ0n) is 19.7. The third-order valence-electron chi connectivity index (χ3n) is 10.6. The van der Waals surface area contributed by atoms with Crippen LogP contribution in [0.3, 0.4) is 0 Å². The number of carbonyl (C=O) groups is 2. The van der Waals surface area contributed by atoms with Crippen molar-refractivity contribution in [2.24, 2.45) is 34.0 Å². The zero-order chi connectivity index (χ0) is 22.5. The Morgan fingerprint density at radius 3 is 2.69 bits per heavy atom. The highest BCUT2D eigenvalue weighted by molar-refractivity contribution is 5.67. The van der Waals surface area contributed by atoms with Crippen LogP contribution in [0.4, 0.5) is 0 Å². The van der Waals surface area contributed by atoms with Crippen molar-refractivity contribution in [2.45, 2.75) is 84.2 Å². The van der Waals surface area contributed by atoms with Crippen LogP contribution < -0.4 is 0 Å². The molecule has 0 aromatic heterocycles. The summed E-state index contributed by atoms with van der Waals surface area (Å²) in [6.45, 7) is 12.1. The number of hydrogen-bond donors (Lipinski definition) is 0. The molecular weight excluding hydrogens is 406 g/mol. The van der Waals surface area contributed by atoms with Crippen LogP contribution >= 0.6 is 0 Å². The van der Waals surface area contributed by atoms with Crippen molar-refractivity contribution in [3.63, 3.8) is 0 Å². The fraction of sp³-hybridized carbons (Fsp3) is 0.846. The molecule has 3 saturated heterocycles. The van der Waals surface area contributed by atoms with Crippen LogP contribution in [0.1, 0.15) is 65.7 Å². The Balaban J connectivity index is 1.42. The van der Waals surface area contributed by atoms with Gasteiger partial charge >= 0.3 is 11.9 Å². The van der Waals surface area contributed by atoms with Gasteiger partial charge < -0.3 is 14.2 Å². The van der Waals surface area contributed by atoms with E-state index in [4.69, 9.17) is 14.2 Å². The molecule has 8 fully saturated rings. The van der Waals surface area contributed by atoms with E-state index in [0.29, 0.717) is 24.4 Å². The molecule has 0 amide bonds. The molecule has 7 bridgehead atoms. The second-order valence-electron chi connectivity index (χ2n) is 11.9. The predicted octanol–water partition coefficient (Wildman–Crippen LogP) is 3.69. The molecule has 6 nitrogen and oxygen atoms in total. The number of carbonyl (C=O) groups excluding carboxylic acids is 2. The summed E-state index contributed by atoms with van der Waals surface area (Å²) in [5, 5.41) is 0. The molecule has 2 spiro atoms. The highest BCUT2D eigenvalue weighted by Gasteiger charge is 2.79. The third-order valence-corrected chi connectivity index (χ3v) is 10.6. The first-order valence-electron chi connectivity index (χ1n) is 12.6. The Kier molecular flexibility index (Phi) is 4.51. The number of hydrogen-bond acceptors (Lipinski definition) is 6. The normalized spacial score (nSPS) is 50.7. The number of fused-ring (bicyclic) bond motifs is 2. The summed E-state index contributed by atoms with van der Waals surface area (Å²) in [4.78, 5) is 26.0. The third kappa shape index (κ3) is 2.49. The van der Waals surface area contributed by atoms with Crippen molar-refractivity contribution in [3.8, 4) is 0 Å². The van der Waals surface area contributed by atoms with Crippen LogP contribution in [0.15, 0.2) is 12.2 Å². The van der Waals surface area contributed by atoms with Crippen molar-refractivity contribution >= 4 is 11.9 Å². The van der Waals surface area contributed by atoms with Crippen LogP contribution in [-0.4, -0.2) is 55.0 Å². The Bertz CT molecular complexity index is 872. The summed E-state index contributed by atoms with van der Waals surface area (Å²) in [6.07, 6.45) is 8.13. The molecule has 0 radical (unpaired) electrons. The summed E-state index contributed by atoms with van der Waals surface area (Å²) in [6, 6.07) is 0. The first-order valence-corrected chi connectivity index (χ1v) is 12.6. The molecule has 32 heavy (non-hydrogen) atoms. The second kappa shape index (κ2) is 6.82. The first kappa shape index (κ1) is 21.2. The van der Waals surface area contributed by atoms with Crippen molar-refractivity contribution < 1.29 is 23.8 Å². The van der Waals surface area contributed by atoms with Crippen molar-refractivity contribution in [1.29, 1.82) is 0 Å². The lowest BCUT2D eigenvalue weighted by molar-refractivity contribution is -0.405. The lowest BCUT2D eigenvalue weighted by Gasteiger charge is -2.79. The van der Waals surface area contributed by atoms with Gasteiger partial charge in [0.25, 0.3) is 0 Å². The number of nitrogens with zero attached hydrogens (tertiary/aromatic N) is 1. The molecule has 0 N–H and O–H groups in total. The number of esters is 2. The highest BCUT2D eigenvalue weighted by Crippen LogP contribution is 2.78. The minimum atomic E-state index is -0.221. The summed E-state index contributed by atoms with van der Waals surface area (Å²) >= 11 is 0. The van der Waals surface area contributed by atoms with E-state index in [1.807, 2.05) is 0 Å². The topological polar surface area (TPSA) is 65.1 Å². The van der Waals surface area contributed by atoms with E-state index in [9.17, 15) is 9.59 Å². The van der Waals surface area contributed by atoms with E-state index in [1.165, 1.54) is 33.1 Å². The monoisotopic (exact) mass is 443 g/mol. The fourth-order valence-corrected chi connectivity index (χ4v) is 9.80. The quantitative estimate of drug-likeness (QED) is 0.488. The van der Waals surface area contributed by atoms with Gasteiger partial charge in [-0.3, -0.25) is 14.5 Å². The molecule has 8 aliphatic rings. The van der Waals surface area contributed by atoms with Gasteiger partial charge in [-0.05, 0) is 67.3 Å². The minimum absolute atomic E-state index is 0.0800. The van der Waals surface area contributed by atoms with E-state index >= 15 is 0 Å². The van der Waals surface area contributed by atoms with Gasteiger partial charge in [0.15, 0.2) is 0 Å². The predicted molar refractivity (Wildman–Crippen MR) is 117 cm³/mol. The standard InChI is InChI=1S/C26H37NO5/c1-15-18-6-9-26(22(15)31-17(3)29)20(12-18)25-8-5-7-24(4)14-27(10-11-30-16(2)28)23(25)32-21(26)13-19(24)25/h18-23H,1,5-14H2,2-4H3. The van der Waals surface area contributed by atoms with Gasteiger partial charge in [0.1, 0.15) is 18.9 Å². The number of piperidine rings is 1. The van der Waals surface area contributed by atoms with Gasteiger partial charge in [-0.2, -0.15) is 0 Å². The van der Waals surface area contributed by atoms with Crippen LogP contribution in [-0.2, 0) is 23.8 Å². The number of rotatable bonds is 4. The Hall–Kier alpha value is -1.40. The second-order valence-corrected chi connectivity index (χ2v) is 11.9. The maximum Gasteiger partial charge on any atom is 0.303 e. The molecule has 176 valence electrons. The van der Waals surface area contributed by atoms with E-state index < -0.39 is 0 Å². The zero-order valence-corrected chi connectivity index (χ0v) is 19.7. The molecule has 3 heterocycles. The van der Waals surface area contributed by atoms with E-state index in [2.05, 4.69) is 18.4 Å². The van der Waals surface area contributed by atoms with Gasteiger partial charge in [0.2, 0.25) is 0 Å². The largest absolute Gasteiger partial charge is 0.465 e. The number of likely N-dealkylation sites (tertiary alicyclic amines) is 1. The molecule has 3 aliphatic heterocycles. The van der Waals surface area contributed by atoms with Gasteiger partial charge in [0, 0.05) is 37.8 Å². The van der Waals surface area contributed by atoms with Gasteiger partial charge in [-0.25, -0.2) is 0 Å². The van der Waals surface area contributed by atoms with Crippen LogP contribution in [0.25, 0.3) is 0 Å². The van der Waals surface area contributed by atoms with Gasteiger partial charge in [-0.1, -0.05) is 19.9 Å². The lowest BCUT2D eigenvalue weighted by Crippen LogP contribution is -2.82. The summed E-state index contributed by atoms with van der Waals surface area (Å²) in [7, 11) is 0. The summed E-state index contributed by atoms with van der Waals surface area (Å²) in [5.74, 6) is 1.18. The van der Waals surface area contributed by atoms with Crippen LogP contribution in [0.5, 0.6) is 0 Å². The fourth-order valence-electron chi connectivity index (χ4n) is 9.80. The molecule has 0 aromatic rings. The highest BCUT2D eigenvalue weighted by atomic mass is 16.6. The molecule has 9 atom stereocenters. The minimum Gasteiger partial charge on any atom is -0.465 e. The maximum atomic E-state index is 12.1. The van der Waals surface area contributed by atoms with E-state index in [0.717, 1.165) is 44.3 Å². The van der Waals surface area contributed by atoms with Gasteiger partial charge in [-0.15, -0.1) is 0 Å². The SMILES string of the molecule is C=C1C2CCC3(C4CC5C6(C)CCCC5(C(O4)N(CCOC(C)=O)C6)C3C2)C1OC(C)=O. The lowest BCUT2D eigenvalue weighted by atomic mass is 9.32. The van der Waals surface area contributed by atoms with Crippen LogP contribution in [0.2, 0.25) is 0 Å². The maximum absolute atomic E-state index is 12.1. The molecule has 5 aliphatic carbocycles. The summed E-state index contributed by atoms with van der Waals surface area (Å²) in [5.41, 5.74) is 1.36. The average molecular weight is 444 g/mol. The van der Waals surface area contributed by atoms with Gasteiger partial charge in [0.05, 0.1) is 6.10 Å². The van der Waals surface area contributed by atoms with Crippen LogP contribution in [0, 0.1) is 34.0 Å². The Morgan fingerprint density at radius 1 is 1.12 bits per heavy atom. The molecule has 8 rings (SSSR count). The molecule has 5 saturated carbocycles. The Labute approximate surface area is 191 Å². The smallest absolute Gasteiger partial charge is 0.303 e. The van der Waals surface area contributed by atoms with Crippen molar-refractivity contribution in [1.82, 2.24) is 4.90 Å². The first-order chi connectivity index (χ1) is 15.2. The van der Waals surface area contributed by atoms with Crippen molar-refractivity contribution in [2.75, 3.05) is 19.7 Å². The molecular formula is C26H37NO5. The summed E-state index contributed by atoms with van der Waals surface area (Å²) < 4.78 is 18.4. The number of ether oxygens (including phenoxy) is 3. The average Bonchev–Trinajstić information content (AvgIpc) is 2.73. The molecule has 9 unspecified atom stereocenters. The molecule has 0 aromatic carbocycles. The Morgan fingerprint density at radius 2 is 1.94 bits per heavy atom. The van der Waals surface area contributed by atoms with E-state index in [1.54, 1.807) is 0 Å².